The largest absolute Gasteiger partial charge is 0.545 e. The van der Waals surface area contributed by atoms with Gasteiger partial charge in [0.1, 0.15) is 19.0 Å². The maximum Gasteiger partial charge on any atom is 0.311 e. The Morgan fingerprint density at radius 1 is 1.18 bits per heavy atom. The van der Waals surface area contributed by atoms with E-state index in [9.17, 15) is 14.7 Å². The van der Waals surface area contributed by atoms with Crippen LogP contribution in [0.1, 0.15) is 37.6 Å². The van der Waals surface area contributed by atoms with Crippen LogP contribution in [0, 0.1) is 12.6 Å². The first-order valence-corrected chi connectivity index (χ1v) is 8.85. The number of halogens is 2. The number of aromatic carboxylic acids is 1. The first kappa shape index (κ1) is 19.5. The average Bonchev–Trinajstić information content (AvgIpc) is 2.44. The van der Waals surface area contributed by atoms with Crippen LogP contribution in [-0.4, -0.2) is 25.2 Å². The second-order valence-corrected chi connectivity index (χ2v) is 7.60. The van der Waals surface area contributed by atoms with Crippen LogP contribution in [0.5, 0.6) is 5.75 Å². The van der Waals surface area contributed by atoms with Crippen LogP contribution >= 0.6 is 45.2 Å². The highest BCUT2D eigenvalue weighted by Gasteiger charge is 2.26. The smallest absolute Gasteiger partial charge is 0.311 e. The summed E-state index contributed by atoms with van der Waals surface area (Å²) in [6.07, 6.45) is 0.702. The molecular formula is C15H17I2O5-. The Balaban J connectivity index is 2.60. The second kappa shape index (κ2) is 8.32. The quantitative estimate of drug-likeness (QED) is 0.308. The van der Waals surface area contributed by atoms with Crippen molar-refractivity contribution in [2.75, 3.05) is 13.2 Å². The Hall–Kier alpha value is -0.580. The van der Waals surface area contributed by atoms with Gasteiger partial charge in [-0.3, -0.25) is 4.79 Å². The molecule has 0 fully saturated rings. The zero-order valence-electron chi connectivity index (χ0n) is 12.6. The molecular weight excluding hydrogens is 514 g/mol. The summed E-state index contributed by atoms with van der Waals surface area (Å²) in [5.74, 6) is -0.898. The second-order valence-electron chi connectivity index (χ2n) is 5.28. The van der Waals surface area contributed by atoms with Gasteiger partial charge in [-0.05, 0) is 83.1 Å². The number of carbonyl (C=O) groups is 2. The molecule has 0 N–H and O–H groups in total. The van der Waals surface area contributed by atoms with E-state index in [1.54, 1.807) is 0 Å². The topological polar surface area (TPSA) is 75.7 Å². The fourth-order valence-electron chi connectivity index (χ4n) is 1.43. The van der Waals surface area contributed by atoms with Crippen molar-refractivity contribution in [3.63, 3.8) is 0 Å². The number of hydrogen-bond donors (Lipinski definition) is 0. The molecule has 1 aromatic carbocycles. The van der Waals surface area contributed by atoms with Crippen molar-refractivity contribution in [2.24, 2.45) is 5.41 Å². The first-order chi connectivity index (χ1) is 10.2. The standard InChI is InChI=1S/C15H18I2O5/c1-4-15(2,3)14(20)22-6-5-21-12-10(16)7-9(13(18)19)8-11(12)17/h7-8H,4-6H2,1-3H3,(H,18,19)/p-1. The Morgan fingerprint density at radius 2 is 1.73 bits per heavy atom. The molecule has 0 saturated heterocycles. The highest BCUT2D eigenvalue weighted by Crippen LogP contribution is 2.29. The van der Waals surface area contributed by atoms with Gasteiger partial charge in [-0.15, -0.1) is 0 Å². The molecule has 0 atom stereocenters. The third-order valence-corrected chi connectivity index (χ3v) is 4.84. The molecule has 0 aromatic heterocycles. The summed E-state index contributed by atoms with van der Waals surface area (Å²) in [7, 11) is 0. The van der Waals surface area contributed by atoms with Crippen molar-refractivity contribution in [3.8, 4) is 5.75 Å². The van der Waals surface area contributed by atoms with Gasteiger partial charge >= 0.3 is 5.97 Å². The molecule has 0 saturated carbocycles. The van der Waals surface area contributed by atoms with Crippen LogP contribution in [0.4, 0.5) is 0 Å². The van der Waals surface area contributed by atoms with E-state index in [4.69, 9.17) is 9.47 Å². The van der Waals surface area contributed by atoms with Gasteiger partial charge in [-0.25, -0.2) is 0 Å². The van der Waals surface area contributed by atoms with Gasteiger partial charge in [-0.1, -0.05) is 6.92 Å². The van der Waals surface area contributed by atoms with E-state index in [-0.39, 0.29) is 24.7 Å². The molecule has 0 amide bonds. The molecule has 7 heteroatoms. The van der Waals surface area contributed by atoms with E-state index in [0.29, 0.717) is 19.3 Å². The summed E-state index contributed by atoms with van der Waals surface area (Å²) >= 11 is 4.00. The van der Waals surface area contributed by atoms with Crippen molar-refractivity contribution in [2.45, 2.75) is 27.2 Å². The lowest BCUT2D eigenvalue weighted by Gasteiger charge is -2.20. The molecule has 0 aliphatic rings. The molecule has 1 aromatic rings. The van der Waals surface area contributed by atoms with Gasteiger partial charge in [0.2, 0.25) is 0 Å². The van der Waals surface area contributed by atoms with Crippen molar-refractivity contribution >= 4 is 57.1 Å². The van der Waals surface area contributed by atoms with Crippen LogP contribution in [-0.2, 0) is 9.53 Å². The molecule has 0 unspecified atom stereocenters. The van der Waals surface area contributed by atoms with Crippen molar-refractivity contribution in [1.82, 2.24) is 0 Å². The number of benzene rings is 1. The normalized spacial score (nSPS) is 11.1. The van der Waals surface area contributed by atoms with E-state index in [0.717, 1.165) is 0 Å². The van der Waals surface area contributed by atoms with Gasteiger partial charge < -0.3 is 19.4 Å². The summed E-state index contributed by atoms with van der Waals surface area (Å²) in [5, 5.41) is 10.9. The molecule has 0 radical (unpaired) electrons. The van der Waals surface area contributed by atoms with Crippen molar-refractivity contribution in [1.29, 1.82) is 0 Å². The number of carboxylic acids is 1. The summed E-state index contributed by atoms with van der Waals surface area (Å²) < 4.78 is 12.1. The molecule has 1 rings (SSSR count). The Kier molecular flexibility index (Phi) is 7.36. The number of carboxylic acid groups (broad SMARTS) is 1. The molecule has 0 aliphatic carbocycles. The zero-order chi connectivity index (χ0) is 16.9. The lowest BCUT2D eigenvalue weighted by molar-refractivity contribution is -0.255. The van der Waals surface area contributed by atoms with Gasteiger partial charge in [0.25, 0.3) is 0 Å². The van der Waals surface area contributed by atoms with Crippen LogP contribution in [0.3, 0.4) is 0 Å². The highest BCUT2D eigenvalue weighted by molar-refractivity contribution is 14.1. The van der Waals surface area contributed by atoms with Crippen LogP contribution in [0.25, 0.3) is 0 Å². The fourth-order valence-corrected chi connectivity index (χ4v) is 3.51. The predicted octanol–water partition coefficient (Wildman–Crippen LogP) is 2.62. The Labute approximate surface area is 157 Å². The first-order valence-electron chi connectivity index (χ1n) is 6.69. The van der Waals surface area contributed by atoms with E-state index in [2.05, 4.69) is 0 Å². The zero-order valence-corrected chi connectivity index (χ0v) is 16.9. The van der Waals surface area contributed by atoms with Crippen LogP contribution in [0.15, 0.2) is 12.1 Å². The number of rotatable bonds is 7. The van der Waals surface area contributed by atoms with Gasteiger partial charge in [0, 0.05) is 0 Å². The summed E-state index contributed by atoms with van der Waals surface area (Å²) in [6, 6.07) is 2.97. The van der Waals surface area contributed by atoms with Gasteiger partial charge in [0.15, 0.2) is 0 Å². The molecule has 0 bridgehead atoms. The molecule has 0 spiro atoms. The average molecular weight is 531 g/mol. The van der Waals surface area contributed by atoms with Gasteiger partial charge in [-0.2, -0.15) is 0 Å². The predicted molar refractivity (Wildman–Crippen MR) is 96.7 cm³/mol. The molecule has 22 heavy (non-hydrogen) atoms. The number of ether oxygens (including phenoxy) is 2. The summed E-state index contributed by atoms with van der Waals surface area (Å²) in [6.45, 7) is 5.96. The maximum absolute atomic E-state index is 11.8. The SMILES string of the molecule is CCC(C)(C)C(=O)OCCOc1c(I)cc(C(=O)[O-])cc1I. The monoisotopic (exact) mass is 531 g/mol. The number of esters is 1. The highest BCUT2D eigenvalue weighted by atomic mass is 127. The molecule has 0 heterocycles. The van der Waals surface area contributed by atoms with Gasteiger partial charge in [0.05, 0.1) is 18.5 Å². The minimum absolute atomic E-state index is 0.109. The third kappa shape index (κ3) is 5.25. The van der Waals surface area contributed by atoms with Crippen LogP contribution in [0.2, 0.25) is 0 Å². The maximum atomic E-state index is 11.8. The lowest BCUT2D eigenvalue weighted by atomic mass is 9.91. The van der Waals surface area contributed by atoms with E-state index >= 15 is 0 Å². The summed E-state index contributed by atoms with van der Waals surface area (Å²) in [5.41, 5.74) is -0.392. The molecule has 122 valence electrons. The van der Waals surface area contributed by atoms with E-state index in [1.165, 1.54) is 12.1 Å². The summed E-state index contributed by atoms with van der Waals surface area (Å²) in [4.78, 5) is 22.7. The Morgan fingerprint density at radius 3 is 2.18 bits per heavy atom. The van der Waals surface area contributed by atoms with Crippen molar-refractivity contribution < 1.29 is 24.2 Å². The van der Waals surface area contributed by atoms with Crippen LogP contribution < -0.4 is 9.84 Å². The van der Waals surface area contributed by atoms with E-state index in [1.807, 2.05) is 66.0 Å². The minimum Gasteiger partial charge on any atom is -0.545 e. The number of carbonyl (C=O) groups excluding carboxylic acids is 2. The fraction of sp³-hybridized carbons (Fsp3) is 0.467. The number of hydrogen-bond acceptors (Lipinski definition) is 5. The molecule has 0 aliphatic heterocycles. The minimum atomic E-state index is -1.22. The lowest BCUT2D eigenvalue weighted by Crippen LogP contribution is -2.27. The molecule has 5 nitrogen and oxygen atoms in total. The van der Waals surface area contributed by atoms with Crippen molar-refractivity contribution in [3.05, 3.63) is 24.8 Å². The third-order valence-electron chi connectivity index (χ3n) is 3.23. The van der Waals surface area contributed by atoms with E-state index < -0.39 is 11.4 Å². The Bertz CT molecular complexity index is 546.